The summed E-state index contributed by atoms with van der Waals surface area (Å²) in [5, 5.41) is 16.5. The lowest BCUT2D eigenvalue weighted by molar-refractivity contribution is -0.121. The van der Waals surface area contributed by atoms with Crippen molar-refractivity contribution in [2.24, 2.45) is 5.92 Å². The number of nitrogens with two attached hydrogens (primary N) is 1. The minimum absolute atomic E-state index is 0.0309. The zero-order valence-electron chi connectivity index (χ0n) is 21.5. The van der Waals surface area contributed by atoms with Gasteiger partial charge in [-0.3, -0.25) is 14.5 Å². The third-order valence-electron chi connectivity index (χ3n) is 6.93. The molecule has 1 aliphatic rings. The average molecular weight is 533 g/mol. The van der Waals surface area contributed by atoms with Crippen LogP contribution in [0.4, 0.5) is 17.1 Å². The summed E-state index contributed by atoms with van der Waals surface area (Å²) in [5.41, 5.74) is 8.96. The topological polar surface area (TPSA) is 108 Å². The van der Waals surface area contributed by atoms with E-state index in [4.69, 9.17) is 17.3 Å². The Bertz CT molecular complexity index is 1310. The van der Waals surface area contributed by atoms with E-state index >= 15 is 0 Å². The number of aliphatic hydroxyl groups excluding tert-OH is 1. The molecule has 0 bridgehead atoms. The Morgan fingerprint density at radius 3 is 2.39 bits per heavy atom. The van der Waals surface area contributed by atoms with Crippen molar-refractivity contribution in [1.29, 1.82) is 0 Å². The quantitative estimate of drug-likeness (QED) is 0.231. The molecule has 0 saturated carbocycles. The molecule has 1 aliphatic heterocycles. The normalized spacial score (nSPS) is 18.0. The first-order chi connectivity index (χ1) is 18.2. The number of aliphatic hydroxyl groups is 1. The number of hydrogen-bond donors (Lipinski definition) is 4. The summed E-state index contributed by atoms with van der Waals surface area (Å²) in [6.45, 7) is 4.61. The van der Waals surface area contributed by atoms with Crippen LogP contribution in [0.25, 0.3) is 6.08 Å². The number of nitrogens with one attached hydrogen (secondary N) is 2. The van der Waals surface area contributed by atoms with Crippen LogP contribution in [0.1, 0.15) is 37.4 Å². The van der Waals surface area contributed by atoms with Gasteiger partial charge in [-0.1, -0.05) is 48.0 Å². The first kappa shape index (κ1) is 27.4. The van der Waals surface area contributed by atoms with Crippen LogP contribution in [0, 0.1) is 5.92 Å². The Kier molecular flexibility index (Phi) is 8.52. The molecule has 198 valence electrons. The maximum absolute atomic E-state index is 13.4. The van der Waals surface area contributed by atoms with Crippen molar-refractivity contribution in [3.05, 3.63) is 95.0 Å². The van der Waals surface area contributed by atoms with E-state index in [1.54, 1.807) is 48.5 Å². The van der Waals surface area contributed by atoms with Gasteiger partial charge in [-0.25, -0.2) is 0 Å². The summed E-state index contributed by atoms with van der Waals surface area (Å²) in [4.78, 5) is 27.9. The van der Waals surface area contributed by atoms with Gasteiger partial charge in [-0.05, 0) is 73.9 Å². The van der Waals surface area contributed by atoms with Crippen molar-refractivity contribution in [2.75, 3.05) is 29.5 Å². The number of carbonyl (C=O) groups excluding carboxylic acids is 2. The van der Waals surface area contributed by atoms with E-state index in [-0.39, 0.29) is 30.4 Å². The molecule has 5 N–H and O–H groups in total. The monoisotopic (exact) mass is 532 g/mol. The molecule has 3 aromatic rings. The molecule has 0 spiro atoms. The number of hydrogen-bond acceptors (Lipinski definition) is 5. The lowest BCUT2D eigenvalue weighted by Crippen LogP contribution is -2.47. The lowest BCUT2D eigenvalue weighted by Gasteiger charge is -2.40. The van der Waals surface area contributed by atoms with Gasteiger partial charge in [0.1, 0.15) is 0 Å². The van der Waals surface area contributed by atoms with E-state index in [9.17, 15) is 14.7 Å². The summed E-state index contributed by atoms with van der Waals surface area (Å²) < 4.78 is 0. The largest absolute Gasteiger partial charge is 0.397 e. The van der Waals surface area contributed by atoms with E-state index in [1.165, 1.54) is 6.08 Å². The molecular formula is C30H33ClN4O3. The first-order valence-corrected chi connectivity index (χ1v) is 12.9. The molecular weight excluding hydrogens is 500 g/mol. The predicted molar refractivity (Wildman–Crippen MR) is 154 cm³/mol. The van der Waals surface area contributed by atoms with Crippen molar-refractivity contribution in [3.63, 3.8) is 0 Å². The second kappa shape index (κ2) is 11.8. The van der Waals surface area contributed by atoms with Gasteiger partial charge >= 0.3 is 0 Å². The van der Waals surface area contributed by atoms with Crippen LogP contribution >= 0.6 is 11.6 Å². The van der Waals surface area contributed by atoms with E-state index in [2.05, 4.69) is 15.5 Å². The molecule has 2 atom stereocenters. The van der Waals surface area contributed by atoms with E-state index in [0.717, 1.165) is 11.1 Å². The Morgan fingerprint density at radius 1 is 1.05 bits per heavy atom. The van der Waals surface area contributed by atoms with Crippen LogP contribution in [0.15, 0.2) is 78.9 Å². The predicted octanol–water partition coefficient (Wildman–Crippen LogP) is 5.35. The molecule has 2 amide bonds. The molecule has 8 heteroatoms. The van der Waals surface area contributed by atoms with Gasteiger partial charge in [-0.15, -0.1) is 0 Å². The fraction of sp³-hybridized carbons (Fsp3) is 0.267. The number of anilines is 3. The third kappa shape index (κ3) is 6.42. The fourth-order valence-electron chi connectivity index (χ4n) is 4.78. The lowest BCUT2D eigenvalue weighted by atomic mass is 9.90. The van der Waals surface area contributed by atoms with Gasteiger partial charge in [0.05, 0.1) is 23.9 Å². The standard InChI is InChI=1S/C30H33ClN4O3/c1-30(2,19-36)35-18-17-24(29(38)33-23-14-12-22(31)13-15-23)28(35)21-10-7-20(8-11-21)9-16-27(37)34-26-6-4-3-5-25(26)32/h3-16,24,28,36H,17-19,32H2,1-2H3,(H,33,38)(H,34,37)/t24-,28?/m1/s1. The maximum atomic E-state index is 13.4. The van der Waals surface area contributed by atoms with E-state index in [1.807, 2.05) is 44.2 Å². The van der Waals surface area contributed by atoms with Gasteiger partial charge in [-0.2, -0.15) is 0 Å². The van der Waals surface area contributed by atoms with Crippen molar-refractivity contribution in [1.82, 2.24) is 4.90 Å². The third-order valence-corrected chi connectivity index (χ3v) is 7.19. The van der Waals surface area contributed by atoms with Crippen molar-refractivity contribution in [2.45, 2.75) is 31.8 Å². The number of halogens is 1. The number of rotatable bonds is 8. The van der Waals surface area contributed by atoms with Crippen LogP contribution in [-0.2, 0) is 9.59 Å². The van der Waals surface area contributed by atoms with Gasteiger partial charge in [0.2, 0.25) is 11.8 Å². The number of benzene rings is 3. The highest BCUT2D eigenvalue weighted by atomic mass is 35.5. The zero-order valence-corrected chi connectivity index (χ0v) is 22.3. The second-order valence-electron chi connectivity index (χ2n) is 10.1. The molecule has 1 saturated heterocycles. The number of nitrogen functional groups attached to an aromatic ring is 1. The zero-order chi connectivity index (χ0) is 27.3. The van der Waals surface area contributed by atoms with Crippen molar-refractivity contribution < 1.29 is 14.7 Å². The molecule has 7 nitrogen and oxygen atoms in total. The number of carbonyl (C=O) groups is 2. The molecule has 4 rings (SSSR count). The smallest absolute Gasteiger partial charge is 0.248 e. The Morgan fingerprint density at radius 2 is 1.74 bits per heavy atom. The minimum Gasteiger partial charge on any atom is -0.397 e. The molecule has 0 aromatic heterocycles. The summed E-state index contributed by atoms with van der Waals surface area (Å²) in [5.74, 6) is -0.660. The molecule has 1 unspecified atom stereocenters. The summed E-state index contributed by atoms with van der Waals surface area (Å²) in [6.07, 6.45) is 3.85. The number of amides is 2. The van der Waals surface area contributed by atoms with Crippen molar-refractivity contribution in [3.8, 4) is 0 Å². The summed E-state index contributed by atoms with van der Waals surface area (Å²) in [6, 6.07) is 21.7. The Balaban J connectivity index is 1.51. The number of likely N-dealkylation sites (tertiary alicyclic amines) is 1. The van der Waals surface area contributed by atoms with Gasteiger partial charge in [0, 0.05) is 34.9 Å². The minimum atomic E-state index is -0.504. The first-order valence-electron chi connectivity index (χ1n) is 12.6. The van der Waals surface area contributed by atoms with E-state index in [0.29, 0.717) is 35.1 Å². The number of para-hydroxylation sites is 2. The number of nitrogens with zero attached hydrogens (tertiary/aromatic N) is 1. The maximum Gasteiger partial charge on any atom is 0.248 e. The van der Waals surface area contributed by atoms with Crippen LogP contribution in [0.5, 0.6) is 0 Å². The average Bonchev–Trinajstić information content (AvgIpc) is 3.37. The molecule has 0 radical (unpaired) electrons. The second-order valence-corrected chi connectivity index (χ2v) is 10.5. The Hall–Kier alpha value is -3.65. The summed E-state index contributed by atoms with van der Waals surface area (Å²) in [7, 11) is 0. The van der Waals surface area contributed by atoms with Crippen LogP contribution in [0.3, 0.4) is 0 Å². The molecule has 1 fully saturated rings. The molecule has 0 aliphatic carbocycles. The van der Waals surface area contributed by atoms with Crippen molar-refractivity contribution >= 4 is 46.6 Å². The highest BCUT2D eigenvalue weighted by molar-refractivity contribution is 6.30. The van der Waals surface area contributed by atoms with Gasteiger partial charge < -0.3 is 21.5 Å². The van der Waals surface area contributed by atoms with Gasteiger partial charge in [0.25, 0.3) is 0 Å². The highest BCUT2D eigenvalue weighted by Gasteiger charge is 2.45. The van der Waals surface area contributed by atoms with E-state index < -0.39 is 5.54 Å². The fourth-order valence-corrected chi connectivity index (χ4v) is 4.90. The SMILES string of the molecule is CC(C)(CO)N1CC[C@@H](C(=O)Nc2ccc(Cl)cc2)C1c1ccc(C=CC(=O)Nc2ccccc2N)cc1. The molecule has 1 heterocycles. The van der Waals surface area contributed by atoms with Crippen LogP contribution in [0.2, 0.25) is 5.02 Å². The Labute approximate surface area is 228 Å². The molecule has 3 aromatic carbocycles. The molecule has 38 heavy (non-hydrogen) atoms. The summed E-state index contributed by atoms with van der Waals surface area (Å²) >= 11 is 5.98. The van der Waals surface area contributed by atoms with Crippen LogP contribution in [-0.4, -0.2) is 40.5 Å². The van der Waals surface area contributed by atoms with Crippen LogP contribution < -0.4 is 16.4 Å². The van der Waals surface area contributed by atoms with Gasteiger partial charge in [0.15, 0.2) is 0 Å². The highest BCUT2D eigenvalue weighted by Crippen LogP contribution is 2.42.